The summed E-state index contributed by atoms with van der Waals surface area (Å²) in [4.78, 5) is 17.1. The van der Waals surface area contributed by atoms with Gasteiger partial charge >= 0.3 is 0 Å². The van der Waals surface area contributed by atoms with Gasteiger partial charge in [-0.05, 0) is 25.7 Å². The first kappa shape index (κ1) is 13.4. The fraction of sp³-hybridized carbons (Fsp3) is 0.933. The van der Waals surface area contributed by atoms with Gasteiger partial charge in [-0.2, -0.15) is 0 Å². The predicted molar refractivity (Wildman–Crippen MR) is 74.0 cm³/mol. The van der Waals surface area contributed by atoms with Crippen molar-refractivity contribution >= 4 is 5.91 Å². The summed E-state index contributed by atoms with van der Waals surface area (Å²) in [6, 6.07) is 0.806. The molecule has 0 aromatic heterocycles. The number of nitrogens with zero attached hydrogens (tertiary/aromatic N) is 2. The number of amides is 1. The standard InChI is InChI=1S/C15H26N2O2/c18-15(13-5-11-19-12-6-13)17-9-7-16(8-10-17)14-3-1-2-4-14/h13-14H,1-12H2. The zero-order chi connectivity index (χ0) is 13.1. The zero-order valence-electron chi connectivity index (χ0n) is 11.9. The van der Waals surface area contributed by atoms with Crippen LogP contribution in [0.2, 0.25) is 0 Å². The molecule has 2 aliphatic heterocycles. The molecule has 3 fully saturated rings. The Hall–Kier alpha value is -0.610. The van der Waals surface area contributed by atoms with E-state index in [1.807, 2.05) is 0 Å². The molecule has 3 rings (SSSR count). The Morgan fingerprint density at radius 1 is 0.895 bits per heavy atom. The van der Waals surface area contributed by atoms with Crippen LogP contribution in [0.15, 0.2) is 0 Å². The molecule has 0 aromatic rings. The number of hydrogen-bond donors (Lipinski definition) is 0. The number of rotatable bonds is 2. The molecular weight excluding hydrogens is 240 g/mol. The SMILES string of the molecule is O=C(C1CCOCC1)N1CCN(C2CCCC2)CC1. The van der Waals surface area contributed by atoms with E-state index in [9.17, 15) is 4.79 Å². The van der Waals surface area contributed by atoms with Crippen LogP contribution >= 0.6 is 0 Å². The van der Waals surface area contributed by atoms with Crippen molar-refractivity contribution in [1.82, 2.24) is 9.80 Å². The monoisotopic (exact) mass is 266 g/mol. The Morgan fingerprint density at radius 3 is 2.16 bits per heavy atom. The largest absolute Gasteiger partial charge is 0.381 e. The summed E-state index contributed by atoms with van der Waals surface area (Å²) in [5.74, 6) is 0.612. The Balaban J connectivity index is 1.47. The quantitative estimate of drug-likeness (QED) is 0.759. The third-order valence-electron chi connectivity index (χ3n) is 5.04. The fourth-order valence-electron chi connectivity index (χ4n) is 3.78. The van der Waals surface area contributed by atoms with Crippen LogP contribution < -0.4 is 0 Å². The van der Waals surface area contributed by atoms with Crippen molar-refractivity contribution in [3.8, 4) is 0 Å². The van der Waals surface area contributed by atoms with Gasteiger partial charge in [-0.1, -0.05) is 12.8 Å². The molecule has 0 unspecified atom stereocenters. The van der Waals surface area contributed by atoms with Crippen LogP contribution in [0.5, 0.6) is 0 Å². The van der Waals surface area contributed by atoms with E-state index in [4.69, 9.17) is 4.74 Å². The molecule has 2 saturated heterocycles. The second kappa shape index (κ2) is 6.23. The first-order valence-corrected chi connectivity index (χ1v) is 7.95. The number of carbonyl (C=O) groups excluding carboxylic acids is 1. The van der Waals surface area contributed by atoms with Crippen molar-refractivity contribution in [2.45, 2.75) is 44.6 Å². The second-order valence-corrected chi connectivity index (χ2v) is 6.19. The molecule has 1 saturated carbocycles. The van der Waals surface area contributed by atoms with Crippen LogP contribution in [-0.2, 0) is 9.53 Å². The Labute approximate surface area is 116 Å². The summed E-state index contributed by atoms with van der Waals surface area (Å²) in [5.41, 5.74) is 0. The summed E-state index contributed by atoms with van der Waals surface area (Å²) in [6.07, 6.45) is 7.36. The van der Waals surface area contributed by atoms with Crippen molar-refractivity contribution in [3.05, 3.63) is 0 Å². The Kier molecular flexibility index (Phi) is 4.38. The van der Waals surface area contributed by atoms with Gasteiger partial charge < -0.3 is 9.64 Å². The lowest BCUT2D eigenvalue weighted by atomic mass is 9.98. The van der Waals surface area contributed by atoms with Gasteiger partial charge in [0.2, 0.25) is 5.91 Å². The fourth-order valence-corrected chi connectivity index (χ4v) is 3.78. The molecular formula is C15H26N2O2. The van der Waals surface area contributed by atoms with Crippen molar-refractivity contribution in [2.75, 3.05) is 39.4 Å². The lowest BCUT2D eigenvalue weighted by Crippen LogP contribution is -2.53. The van der Waals surface area contributed by atoms with Gasteiger partial charge in [0.15, 0.2) is 0 Å². The van der Waals surface area contributed by atoms with Crippen LogP contribution in [-0.4, -0.2) is 61.1 Å². The molecule has 2 heterocycles. The second-order valence-electron chi connectivity index (χ2n) is 6.19. The molecule has 3 aliphatic rings. The van der Waals surface area contributed by atoms with E-state index < -0.39 is 0 Å². The zero-order valence-corrected chi connectivity index (χ0v) is 11.9. The molecule has 0 atom stereocenters. The van der Waals surface area contributed by atoms with Crippen LogP contribution in [0.4, 0.5) is 0 Å². The molecule has 0 aromatic carbocycles. The van der Waals surface area contributed by atoms with Crippen molar-refractivity contribution in [3.63, 3.8) is 0 Å². The van der Waals surface area contributed by atoms with Gasteiger partial charge in [0.1, 0.15) is 0 Å². The smallest absolute Gasteiger partial charge is 0.225 e. The number of carbonyl (C=O) groups is 1. The van der Waals surface area contributed by atoms with Crippen molar-refractivity contribution in [1.29, 1.82) is 0 Å². The average molecular weight is 266 g/mol. The third-order valence-corrected chi connectivity index (χ3v) is 5.04. The maximum absolute atomic E-state index is 12.4. The maximum Gasteiger partial charge on any atom is 0.225 e. The van der Waals surface area contributed by atoms with E-state index in [2.05, 4.69) is 9.80 Å². The summed E-state index contributed by atoms with van der Waals surface area (Å²) < 4.78 is 5.34. The first-order valence-electron chi connectivity index (χ1n) is 7.95. The van der Waals surface area contributed by atoms with Gasteiger partial charge in [0.25, 0.3) is 0 Å². The number of piperazine rings is 1. The van der Waals surface area contributed by atoms with E-state index >= 15 is 0 Å². The van der Waals surface area contributed by atoms with Gasteiger partial charge in [-0.15, -0.1) is 0 Å². The highest BCUT2D eigenvalue weighted by Gasteiger charge is 2.31. The minimum atomic E-state index is 0.229. The van der Waals surface area contributed by atoms with Gasteiger partial charge in [-0.25, -0.2) is 0 Å². The third kappa shape index (κ3) is 3.11. The molecule has 4 heteroatoms. The van der Waals surface area contributed by atoms with Crippen molar-refractivity contribution < 1.29 is 9.53 Å². The van der Waals surface area contributed by atoms with Crippen LogP contribution in [0.3, 0.4) is 0 Å². The predicted octanol–water partition coefficient (Wildman–Crippen LogP) is 1.50. The van der Waals surface area contributed by atoms with E-state index in [0.717, 1.165) is 58.3 Å². The normalized spacial score (nSPS) is 27.9. The summed E-state index contributed by atoms with van der Waals surface area (Å²) >= 11 is 0. The Bertz CT molecular complexity index is 301. The highest BCUT2D eigenvalue weighted by Crippen LogP contribution is 2.25. The highest BCUT2D eigenvalue weighted by atomic mass is 16.5. The van der Waals surface area contributed by atoms with E-state index in [0.29, 0.717) is 5.91 Å². The minimum Gasteiger partial charge on any atom is -0.381 e. The van der Waals surface area contributed by atoms with Gasteiger partial charge in [-0.3, -0.25) is 9.69 Å². The molecule has 1 amide bonds. The van der Waals surface area contributed by atoms with Crippen molar-refractivity contribution in [2.24, 2.45) is 5.92 Å². The van der Waals surface area contributed by atoms with E-state index in [-0.39, 0.29) is 5.92 Å². The minimum absolute atomic E-state index is 0.229. The highest BCUT2D eigenvalue weighted by molar-refractivity contribution is 5.79. The number of hydrogen-bond acceptors (Lipinski definition) is 3. The lowest BCUT2D eigenvalue weighted by Gasteiger charge is -2.39. The number of ether oxygens (including phenoxy) is 1. The molecule has 108 valence electrons. The summed E-state index contributed by atoms with van der Waals surface area (Å²) in [6.45, 7) is 5.57. The van der Waals surface area contributed by atoms with Crippen LogP contribution in [0.25, 0.3) is 0 Å². The van der Waals surface area contributed by atoms with E-state index in [1.165, 1.54) is 25.7 Å². The first-order chi connectivity index (χ1) is 9.34. The molecule has 4 nitrogen and oxygen atoms in total. The van der Waals surface area contributed by atoms with E-state index in [1.54, 1.807) is 0 Å². The summed E-state index contributed by atoms with van der Waals surface area (Å²) in [7, 11) is 0. The molecule has 0 spiro atoms. The molecule has 1 aliphatic carbocycles. The Morgan fingerprint density at radius 2 is 1.53 bits per heavy atom. The molecule has 0 bridgehead atoms. The molecule has 0 N–H and O–H groups in total. The average Bonchev–Trinajstić information content (AvgIpc) is 3.02. The topological polar surface area (TPSA) is 32.8 Å². The van der Waals surface area contributed by atoms with Gasteiger partial charge in [0.05, 0.1) is 0 Å². The molecule has 19 heavy (non-hydrogen) atoms. The maximum atomic E-state index is 12.4. The van der Waals surface area contributed by atoms with Crippen LogP contribution in [0.1, 0.15) is 38.5 Å². The summed E-state index contributed by atoms with van der Waals surface area (Å²) in [5, 5.41) is 0. The molecule has 0 radical (unpaired) electrons. The van der Waals surface area contributed by atoms with Gasteiger partial charge in [0, 0.05) is 51.4 Å². The lowest BCUT2D eigenvalue weighted by molar-refractivity contribution is -0.140. The van der Waals surface area contributed by atoms with Crippen LogP contribution in [0, 0.1) is 5.92 Å².